The van der Waals surface area contributed by atoms with Gasteiger partial charge >= 0.3 is 0 Å². The number of rotatable bonds is 7. The molecule has 0 radical (unpaired) electrons. The van der Waals surface area contributed by atoms with E-state index in [9.17, 15) is 18.0 Å². The van der Waals surface area contributed by atoms with Gasteiger partial charge in [0.25, 0.3) is 15.9 Å². The molecule has 32 heavy (non-hydrogen) atoms. The quantitative estimate of drug-likeness (QED) is 0.540. The molecule has 0 saturated heterocycles. The van der Waals surface area contributed by atoms with E-state index in [2.05, 4.69) is 10.0 Å². The van der Waals surface area contributed by atoms with Crippen molar-refractivity contribution < 1.29 is 18.0 Å². The summed E-state index contributed by atoms with van der Waals surface area (Å²) in [4.78, 5) is 26.1. The van der Waals surface area contributed by atoms with Gasteiger partial charge in [-0.1, -0.05) is 35.9 Å². The van der Waals surface area contributed by atoms with Gasteiger partial charge in [-0.05, 0) is 61.0 Å². The maximum absolute atomic E-state index is 12.6. The van der Waals surface area contributed by atoms with Crippen LogP contribution in [0, 0.1) is 6.92 Å². The van der Waals surface area contributed by atoms with Crippen molar-refractivity contribution in [2.75, 3.05) is 23.6 Å². The highest BCUT2D eigenvalue weighted by molar-refractivity contribution is 7.92. The van der Waals surface area contributed by atoms with Crippen LogP contribution in [0.1, 0.15) is 15.9 Å². The number of nitrogens with zero attached hydrogens (tertiary/aromatic N) is 1. The first-order chi connectivity index (χ1) is 15.2. The van der Waals surface area contributed by atoms with Gasteiger partial charge in [0.2, 0.25) is 5.91 Å². The summed E-state index contributed by atoms with van der Waals surface area (Å²) in [5.41, 5.74) is 2.07. The summed E-state index contributed by atoms with van der Waals surface area (Å²) < 4.78 is 27.8. The van der Waals surface area contributed by atoms with Crippen molar-refractivity contribution in [1.29, 1.82) is 0 Å². The first-order valence-corrected chi connectivity index (χ1v) is 11.5. The molecule has 0 atom stereocenters. The Hall–Kier alpha value is -3.36. The molecule has 0 bridgehead atoms. The van der Waals surface area contributed by atoms with E-state index in [1.165, 1.54) is 36.2 Å². The highest BCUT2D eigenvalue weighted by Gasteiger charge is 2.18. The van der Waals surface area contributed by atoms with Gasteiger partial charge in [0.1, 0.15) is 0 Å². The fourth-order valence-electron chi connectivity index (χ4n) is 2.94. The van der Waals surface area contributed by atoms with Crippen molar-refractivity contribution in [3.05, 3.63) is 88.9 Å². The van der Waals surface area contributed by atoms with Gasteiger partial charge in [0, 0.05) is 23.3 Å². The van der Waals surface area contributed by atoms with Crippen LogP contribution in [0.4, 0.5) is 11.4 Å². The number of hydrogen-bond acceptors (Lipinski definition) is 4. The lowest BCUT2D eigenvalue weighted by Crippen LogP contribution is -2.34. The zero-order chi connectivity index (χ0) is 23.3. The summed E-state index contributed by atoms with van der Waals surface area (Å²) in [7, 11) is -2.32. The number of likely N-dealkylation sites (N-methyl/N-ethyl adjacent to an activating group) is 1. The number of nitrogens with one attached hydrogen (secondary N) is 2. The zero-order valence-corrected chi connectivity index (χ0v) is 19.1. The Balaban J connectivity index is 1.65. The average molecular weight is 472 g/mol. The Bertz CT molecular complexity index is 1240. The summed E-state index contributed by atoms with van der Waals surface area (Å²) in [5, 5.41) is 3.16. The van der Waals surface area contributed by atoms with Crippen LogP contribution in [-0.2, 0) is 14.8 Å². The van der Waals surface area contributed by atoms with Crippen molar-refractivity contribution in [3.63, 3.8) is 0 Å². The first kappa shape index (κ1) is 23.3. The van der Waals surface area contributed by atoms with Crippen molar-refractivity contribution in [1.82, 2.24) is 4.90 Å². The van der Waals surface area contributed by atoms with E-state index < -0.39 is 15.9 Å². The van der Waals surface area contributed by atoms with Crippen LogP contribution in [0.2, 0.25) is 5.02 Å². The van der Waals surface area contributed by atoms with Gasteiger partial charge in [-0.25, -0.2) is 8.42 Å². The second kappa shape index (κ2) is 9.84. The molecule has 9 heteroatoms. The van der Waals surface area contributed by atoms with E-state index >= 15 is 0 Å². The number of aryl methyl sites for hydroxylation is 1. The van der Waals surface area contributed by atoms with E-state index in [0.29, 0.717) is 16.4 Å². The Morgan fingerprint density at radius 1 is 0.969 bits per heavy atom. The maximum atomic E-state index is 12.6. The molecule has 0 unspecified atom stereocenters. The van der Waals surface area contributed by atoms with Crippen LogP contribution in [0.3, 0.4) is 0 Å². The number of amides is 2. The first-order valence-electron chi connectivity index (χ1n) is 9.65. The minimum absolute atomic E-state index is 0.0265. The normalized spacial score (nSPS) is 11.0. The number of para-hydroxylation sites is 1. The Labute approximate surface area is 192 Å². The SMILES string of the molecule is Cc1ccccc1NS(=O)(=O)c1ccc(C(=O)N(C)CC(=O)Nc2cccc(Cl)c2)cc1. The van der Waals surface area contributed by atoms with Gasteiger partial charge in [-0.2, -0.15) is 0 Å². The summed E-state index contributed by atoms with van der Waals surface area (Å²) in [5.74, 6) is -0.799. The molecule has 0 aromatic heterocycles. The highest BCUT2D eigenvalue weighted by Crippen LogP contribution is 2.20. The Kier molecular flexibility index (Phi) is 7.17. The molecule has 166 valence electrons. The fraction of sp³-hybridized carbons (Fsp3) is 0.130. The van der Waals surface area contributed by atoms with E-state index in [0.717, 1.165) is 5.56 Å². The van der Waals surface area contributed by atoms with Crippen molar-refractivity contribution in [3.8, 4) is 0 Å². The van der Waals surface area contributed by atoms with Crippen LogP contribution < -0.4 is 10.0 Å². The number of sulfonamides is 1. The van der Waals surface area contributed by atoms with Crippen LogP contribution in [0.15, 0.2) is 77.7 Å². The van der Waals surface area contributed by atoms with Crippen LogP contribution in [0.25, 0.3) is 0 Å². The lowest BCUT2D eigenvalue weighted by molar-refractivity contribution is -0.116. The molecule has 3 rings (SSSR count). The second-order valence-corrected chi connectivity index (χ2v) is 9.28. The van der Waals surface area contributed by atoms with Gasteiger partial charge in [-0.15, -0.1) is 0 Å². The molecule has 3 aromatic carbocycles. The van der Waals surface area contributed by atoms with Gasteiger partial charge in [0.05, 0.1) is 17.1 Å². The molecular weight excluding hydrogens is 450 g/mol. The minimum atomic E-state index is -3.81. The Morgan fingerprint density at radius 3 is 2.31 bits per heavy atom. The van der Waals surface area contributed by atoms with E-state index in [1.54, 1.807) is 49.4 Å². The van der Waals surface area contributed by atoms with E-state index in [4.69, 9.17) is 11.6 Å². The standard InChI is InChI=1S/C23H22ClN3O4S/c1-16-6-3-4-9-21(16)26-32(30,31)20-12-10-17(11-13-20)23(29)27(2)15-22(28)25-19-8-5-7-18(24)14-19/h3-14,26H,15H2,1-2H3,(H,25,28). The molecule has 2 N–H and O–H groups in total. The summed E-state index contributed by atoms with van der Waals surface area (Å²) in [6.45, 7) is 1.62. The van der Waals surface area contributed by atoms with Crippen LogP contribution in [-0.4, -0.2) is 38.7 Å². The lowest BCUT2D eigenvalue weighted by Gasteiger charge is -2.17. The second-order valence-electron chi connectivity index (χ2n) is 7.16. The Morgan fingerprint density at radius 2 is 1.66 bits per heavy atom. The predicted octanol–water partition coefficient (Wildman–Crippen LogP) is 4.16. The zero-order valence-electron chi connectivity index (χ0n) is 17.5. The van der Waals surface area contributed by atoms with E-state index in [1.807, 2.05) is 6.07 Å². The van der Waals surface area contributed by atoms with Crippen molar-refractivity contribution in [2.24, 2.45) is 0 Å². The largest absolute Gasteiger partial charge is 0.332 e. The molecule has 0 saturated carbocycles. The van der Waals surface area contributed by atoms with Crippen molar-refractivity contribution >= 4 is 44.8 Å². The third-order valence-electron chi connectivity index (χ3n) is 4.64. The number of carbonyl (C=O) groups is 2. The lowest BCUT2D eigenvalue weighted by atomic mass is 10.2. The van der Waals surface area contributed by atoms with Crippen molar-refractivity contribution in [2.45, 2.75) is 11.8 Å². The van der Waals surface area contributed by atoms with E-state index in [-0.39, 0.29) is 22.9 Å². The van der Waals surface area contributed by atoms with Crippen LogP contribution in [0.5, 0.6) is 0 Å². The van der Waals surface area contributed by atoms with Crippen LogP contribution >= 0.6 is 11.6 Å². The molecule has 0 spiro atoms. The minimum Gasteiger partial charge on any atom is -0.332 e. The number of carbonyl (C=O) groups excluding carboxylic acids is 2. The molecule has 0 fully saturated rings. The summed E-state index contributed by atoms with van der Waals surface area (Å²) >= 11 is 5.90. The predicted molar refractivity (Wildman–Crippen MR) is 125 cm³/mol. The molecule has 3 aromatic rings. The molecule has 0 aliphatic rings. The molecule has 7 nitrogen and oxygen atoms in total. The third kappa shape index (κ3) is 5.87. The molecule has 0 aliphatic carbocycles. The number of benzene rings is 3. The number of halogens is 1. The monoisotopic (exact) mass is 471 g/mol. The molecule has 2 amide bonds. The summed E-state index contributed by atoms with van der Waals surface area (Å²) in [6.07, 6.45) is 0. The number of hydrogen-bond donors (Lipinski definition) is 2. The third-order valence-corrected chi connectivity index (χ3v) is 6.25. The van der Waals surface area contributed by atoms with Gasteiger partial charge in [0.15, 0.2) is 0 Å². The maximum Gasteiger partial charge on any atom is 0.261 e. The molecular formula is C23H22ClN3O4S. The number of anilines is 2. The summed E-state index contributed by atoms with van der Waals surface area (Å²) in [6, 6.07) is 19.3. The topological polar surface area (TPSA) is 95.6 Å². The van der Waals surface area contributed by atoms with Gasteiger partial charge < -0.3 is 10.2 Å². The molecule has 0 heterocycles. The van der Waals surface area contributed by atoms with Gasteiger partial charge in [-0.3, -0.25) is 14.3 Å². The highest BCUT2D eigenvalue weighted by atomic mass is 35.5. The smallest absolute Gasteiger partial charge is 0.261 e. The fourth-order valence-corrected chi connectivity index (χ4v) is 4.26. The molecule has 0 aliphatic heterocycles. The average Bonchev–Trinajstić information content (AvgIpc) is 2.74.